The van der Waals surface area contributed by atoms with Gasteiger partial charge in [-0.25, -0.2) is 14.9 Å². The second-order valence-electron chi connectivity index (χ2n) is 3.73. The van der Waals surface area contributed by atoms with E-state index in [1.54, 1.807) is 0 Å². The largest absolute Gasteiger partial charge is 0.478 e. The maximum absolute atomic E-state index is 12.7. The molecule has 0 amide bonds. The van der Waals surface area contributed by atoms with Crippen LogP contribution in [0.25, 0.3) is 0 Å². The van der Waals surface area contributed by atoms with E-state index >= 15 is 0 Å². The van der Waals surface area contributed by atoms with Gasteiger partial charge in [0.1, 0.15) is 0 Å². The Morgan fingerprint density at radius 1 is 1.32 bits per heavy atom. The summed E-state index contributed by atoms with van der Waals surface area (Å²) in [6.07, 6.45) is -4.62. The van der Waals surface area contributed by atoms with Crippen LogP contribution in [0.5, 0.6) is 0 Å². The number of carboxylic acid groups (broad SMARTS) is 1. The molecule has 0 radical (unpaired) electrons. The number of benzene rings is 1. The average Bonchev–Trinajstić information content (AvgIpc) is 2.71. The molecule has 1 heterocycles. The van der Waals surface area contributed by atoms with Crippen LogP contribution in [0, 0.1) is 0 Å². The van der Waals surface area contributed by atoms with Crippen LogP contribution in [0.4, 0.5) is 18.9 Å². The second-order valence-corrected chi connectivity index (χ2v) is 3.73. The van der Waals surface area contributed by atoms with Crippen LogP contribution in [0.2, 0.25) is 0 Å². The molecule has 0 atom stereocenters. The third-order valence-corrected chi connectivity index (χ3v) is 2.33. The molecule has 6 nitrogen and oxygen atoms in total. The number of hydrogen-bond acceptors (Lipinski definition) is 5. The Bertz CT molecular complexity index is 527. The predicted octanol–water partition coefficient (Wildman–Crippen LogP) is 1.43. The third-order valence-electron chi connectivity index (χ3n) is 2.33. The molecule has 1 aromatic carbocycles. The van der Waals surface area contributed by atoms with Crippen molar-refractivity contribution in [2.75, 3.05) is 12.1 Å². The van der Waals surface area contributed by atoms with E-state index in [0.717, 1.165) is 10.1 Å². The van der Waals surface area contributed by atoms with E-state index in [1.165, 1.54) is 31.3 Å². The fourth-order valence-electron chi connectivity index (χ4n) is 1.52. The van der Waals surface area contributed by atoms with E-state index in [0.29, 0.717) is 0 Å². The van der Waals surface area contributed by atoms with Crippen LogP contribution >= 0.6 is 0 Å². The zero-order valence-electron chi connectivity index (χ0n) is 9.64. The molecule has 19 heavy (non-hydrogen) atoms. The molecule has 2 N–H and O–H groups in total. The van der Waals surface area contributed by atoms with E-state index in [4.69, 9.17) is 5.11 Å². The Labute approximate surface area is 105 Å². The standard InChI is InChI=1S/C10H9F3N4O2/c1-16-14-9(10(11,12)13)17(15-16)7-4-2-6(3-5-7)8(18)19/h2-5,15H,1H3,(H,18,19). The first-order valence-corrected chi connectivity index (χ1v) is 5.08. The minimum Gasteiger partial charge on any atom is -0.478 e. The lowest BCUT2D eigenvalue weighted by Crippen LogP contribution is -2.46. The normalized spacial score (nSPS) is 15.7. The first kappa shape index (κ1) is 13.1. The Morgan fingerprint density at radius 2 is 1.89 bits per heavy atom. The zero-order chi connectivity index (χ0) is 14.2. The first-order valence-electron chi connectivity index (χ1n) is 5.08. The lowest BCUT2D eigenvalue weighted by Gasteiger charge is -2.21. The molecular formula is C10H9F3N4O2. The quantitative estimate of drug-likeness (QED) is 0.854. The van der Waals surface area contributed by atoms with Crippen molar-refractivity contribution in [1.29, 1.82) is 0 Å². The summed E-state index contributed by atoms with van der Waals surface area (Å²) in [6.45, 7) is 0. The molecule has 1 aliphatic heterocycles. The summed E-state index contributed by atoms with van der Waals surface area (Å²) in [4.78, 5) is 10.7. The topological polar surface area (TPSA) is 68.2 Å². The van der Waals surface area contributed by atoms with Crippen molar-refractivity contribution in [1.82, 2.24) is 10.7 Å². The van der Waals surface area contributed by atoms with Crippen molar-refractivity contribution < 1.29 is 23.1 Å². The number of hydrazone groups is 1. The number of carboxylic acids is 1. The summed E-state index contributed by atoms with van der Waals surface area (Å²) in [5.41, 5.74) is 2.49. The highest BCUT2D eigenvalue weighted by Gasteiger charge is 2.44. The van der Waals surface area contributed by atoms with Crippen LogP contribution in [-0.4, -0.2) is 35.3 Å². The molecule has 9 heteroatoms. The van der Waals surface area contributed by atoms with Crippen LogP contribution < -0.4 is 10.5 Å². The third kappa shape index (κ3) is 2.60. The fourth-order valence-corrected chi connectivity index (χ4v) is 1.52. The van der Waals surface area contributed by atoms with Crippen LogP contribution in [0.1, 0.15) is 10.4 Å². The van der Waals surface area contributed by atoms with E-state index < -0.39 is 18.0 Å². The number of hydrogen-bond donors (Lipinski definition) is 2. The van der Waals surface area contributed by atoms with Crippen molar-refractivity contribution in [3.63, 3.8) is 0 Å². The van der Waals surface area contributed by atoms with Gasteiger partial charge in [-0.05, 0) is 24.3 Å². The van der Waals surface area contributed by atoms with Crippen molar-refractivity contribution in [3.05, 3.63) is 29.8 Å². The lowest BCUT2D eigenvalue weighted by molar-refractivity contribution is -0.0600. The lowest BCUT2D eigenvalue weighted by atomic mass is 10.2. The summed E-state index contributed by atoms with van der Waals surface area (Å²) < 4.78 is 38.2. The summed E-state index contributed by atoms with van der Waals surface area (Å²) in [6, 6.07) is 4.95. The van der Waals surface area contributed by atoms with E-state index in [9.17, 15) is 18.0 Å². The number of carbonyl (C=O) groups is 1. The summed E-state index contributed by atoms with van der Waals surface area (Å²) in [7, 11) is 1.32. The molecule has 0 fully saturated rings. The minimum absolute atomic E-state index is 0.0122. The van der Waals surface area contributed by atoms with Crippen molar-refractivity contribution in [3.8, 4) is 0 Å². The van der Waals surface area contributed by atoms with Gasteiger partial charge >= 0.3 is 12.1 Å². The summed E-state index contributed by atoms with van der Waals surface area (Å²) in [5.74, 6) is -2.28. The molecule has 102 valence electrons. The molecule has 0 aromatic heterocycles. The fraction of sp³-hybridized carbons (Fsp3) is 0.200. The van der Waals surface area contributed by atoms with Gasteiger partial charge in [0, 0.05) is 7.05 Å². The second kappa shape index (κ2) is 4.43. The molecule has 2 rings (SSSR count). The SMILES string of the molecule is CN1N=C(C(F)(F)F)N(c2ccc(C(=O)O)cc2)N1. The molecule has 0 aliphatic carbocycles. The number of nitrogens with zero attached hydrogens (tertiary/aromatic N) is 3. The number of halogens is 3. The van der Waals surface area contributed by atoms with Gasteiger partial charge in [0.05, 0.1) is 11.3 Å². The molecule has 0 bridgehead atoms. The summed E-state index contributed by atoms with van der Waals surface area (Å²) in [5, 5.41) is 13.7. The van der Waals surface area contributed by atoms with Gasteiger partial charge < -0.3 is 5.11 Å². The van der Waals surface area contributed by atoms with Crippen LogP contribution in [-0.2, 0) is 0 Å². The molecule has 0 spiro atoms. The summed E-state index contributed by atoms with van der Waals surface area (Å²) >= 11 is 0. The maximum atomic E-state index is 12.7. The Hall–Kier alpha value is -2.29. The molecular weight excluding hydrogens is 265 g/mol. The Kier molecular flexibility index (Phi) is 3.06. The van der Waals surface area contributed by atoms with Gasteiger partial charge in [0.25, 0.3) is 5.84 Å². The number of aromatic carboxylic acids is 1. The van der Waals surface area contributed by atoms with Gasteiger partial charge in [0.2, 0.25) is 0 Å². The van der Waals surface area contributed by atoms with Crippen molar-refractivity contribution in [2.24, 2.45) is 5.10 Å². The van der Waals surface area contributed by atoms with Crippen molar-refractivity contribution in [2.45, 2.75) is 6.18 Å². The van der Waals surface area contributed by atoms with Gasteiger partial charge in [-0.1, -0.05) is 0 Å². The number of hydrazine groups is 2. The van der Waals surface area contributed by atoms with Gasteiger partial charge in [-0.15, -0.1) is 10.6 Å². The smallest absolute Gasteiger partial charge is 0.453 e. The number of nitrogens with one attached hydrogen (secondary N) is 1. The van der Waals surface area contributed by atoms with E-state index in [1.807, 2.05) is 0 Å². The predicted molar refractivity (Wildman–Crippen MR) is 60.3 cm³/mol. The van der Waals surface area contributed by atoms with Gasteiger partial charge in [0.15, 0.2) is 0 Å². The highest BCUT2D eigenvalue weighted by molar-refractivity contribution is 6.02. The molecule has 0 unspecified atom stereocenters. The Balaban J connectivity index is 2.31. The highest BCUT2D eigenvalue weighted by Crippen LogP contribution is 2.26. The first-order chi connectivity index (χ1) is 8.79. The van der Waals surface area contributed by atoms with Crippen LogP contribution in [0.15, 0.2) is 29.4 Å². The average molecular weight is 274 g/mol. The van der Waals surface area contributed by atoms with Crippen molar-refractivity contribution >= 4 is 17.5 Å². The zero-order valence-corrected chi connectivity index (χ0v) is 9.64. The molecule has 1 aromatic rings. The minimum atomic E-state index is -4.62. The van der Waals surface area contributed by atoms with E-state index in [2.05, 4.69) is 10.6 Å². The number of amidine groups is 1. The monoisotopic (exact) mass is 274 g/mol. The number of rotatable bonds is 2. The van der Waals surface area contributed by atoms with Gasteiger partial charge in [-0.2, -0.15) is 13.2 Å². The molecule has 1 aliphatic rings. The van der Waals surface area contributed by atoms with Crippen LogP contribution in [0.3, 0.4) is 0 Å². The molecule has 0 saturated carbocycles. The Morgan fingerprint density at radius 3 is 2.37 bits per heavy atom. The highest BCUT2D eigenvalue weighted by atomic mass is 19.4. The van der Waals surface area contributed by atoms with Gasteiger partial charge in [-0.3, -0.25) is 0 Å². The maximum Gasteiger partial charge on any atom is 0.453 e. The number of anilines is 1. The molecule has 0 saturated heterocycles. The number of alkyl halides is 3. The van der Waals surface area contributed by atoms with E-state index in [-0.39, 0.29) is 11.3 Å².